The van der Waals surface area contributed by atoms with Crippen LogP contribution in [0.2, 0.25) is 0 Å². The Labute approximate surface area is 153 Å². The van der Waals surface area contributed by atoms with Crippen LogP contribution in [0.15, 0.2) is 48.5 Å². The van der Waals surface area contributed by atoms with E-state index < -0.39 is 10.0 Å². The monoisotopic (exact) mass is 378 g/mol. The van der Waals surface area contributed by atoms with Gasteiger partial charge >= 0.3 is 0 Å². The Morgan fingerprint density at radius 3 is 2.42 bits per heavy atom. The molecule has 1 N–H and O–H groups in total. The Morgan fingerprint density at radius 2 is 1.81 bits per heavy atom. The van der Waals surface area contributed by atoms with Gasteiger partial charge in [-0.15, -0.1) is 0 Å². The number of amides is 1. The first-order chi connectivity index (χ1) is 12.2. The number of carbonyl (C=O) groups excluding carboxylic acids is 1. The summed E-state index contributed by atoms with van der Waals surface area (Å²) in [7, 11) is -3.40. The minimum atomic E-state index is -3.40. The van der Waals surface area contributed by atoms with Gasteiger partial charge in [-0.2, -0.15) is 4.31 Å². The molecule has 0 bridgehead atoms. The van der Waals surface area contributed by atoms with E-state index in [1.807, 2.05) is 31.2 Å². The first-order valence-electron chi connectivity index (χ1n) is 8.26. The third-order valence-corrected chi connectivity index (χ3v) is 5.12. The maximum Gasteiger partial charge on any atom is 0.224 e. The van der Waals surface area contributed by atoms with Gasteiger partial charge in [-0.05, 0) is 30.2 Å². The predicted molar refractivity (Wildman–Crippen MR) is 99.5 cm³/mol. The van der Waals surface area contributed by atoms with Crippen molar-refractivity contribution < 1.29 is 17.6 Å². The minimum absolute atomic E-state index is 0.122. The van der Waals surface area contributed by atoms with E-state index in [0.717, 1.165) is 17.4 Å². The molecule has 0 radical (unpaired) electrons. The van der Waals surface area contributed by atoms with Crippen molar-refractivity contribution in [1.82, 2.24) is 9.62 Å². The van der Waals surface area contributed by atoms with Crippen LogP contribution in [-0.4, -0.2) is 38.0 Å². The van der Waals surface area contributed by atoms with Gasteiger partial charge in [0, 0.05) is 19.6 Å². The molecule has 0 spiro atoms. The Kier molecular flexibility index (Phi) is 6.88. The van der Waals surface area contributed by atoms with E-state index in [2.05, 4.69) is 5.32 Å². The van der Waals surface area contributed by atoms with Crippen LogP contribution < -0.4 is 5.32 Å². The van der Waals surface area contributed by atoms with Crippen molar-refractivity contribution >= 4 is 15.9 Å². The van der Waals surface area contributed by atoms with Crippen LogP contribution in [0.4, 0.5) is 4.39 Å². The lowest BCUT2D eigenvalue weighted by Crippen LogP contribution is -2.38. The maximum absolute atomic E-state index is 12.9. The standard InChI is InChI=1S/C19H23FN2O3S/c1-15-4-3-5-17(12-15)14-22(26(2,24)25)11-10-21-19(23)13-16-6-8-18(20)9-7-16/h3-9,12H,10-11,13-14H2,1-2H3,(H,21,23). The summed E-state index contributed by atoms with van der Waals surface area (Å²) in [5, 5.41) is 2.71. The molecule has 2 rings (SSSR count). The van der Waals surface area contributed by atoms with Crippen molar-refractivity contribution in [3.63, 3.8) is 0 Å². The molecule has 0 saturated carbocycles. The molecule has 0 unspecified atom stereocenters. The summed E-state index contributed by atoms with van der Waals surface area (Å²) in [4.78, 5) is 12.0. The van der Waals surface area contributed by atoms with E-state index >= 15 is 0 Å². The number of rotatable bonds is 8. The van der Waals surface area contributed by atoms with E-state index in [-0.39, 0.29) is 37.8 Å². The molecular formula is C19H23FN2O3S. The summed E-state index contributed by atoms with van der Waals surface area (Å²) in [5.74, 6) is -0.588. The van der Waals surface area contributed by atoms with E-state index in [9.17, 15) is 17.6 Å². The summed E-state index contributed by atoms with van der Waals surface area (Å²) < 4.78 is 38.2. The lowest BCUT2D eigenvalue weighted by Gasteiger charge is -2.20. The second kappa shape index (κ2) is 8.91. The van der Waals surface area contributed by atoms with Crippen molar-refractivity contribution in [2.45, 2.75) is 19.9 Å². The summed E-state index contributed by atoms with van der Waals surface area (Å²) in [6, 6.07) is 13.3. The van der Waals surface area contributed by atoms with Gasteiger partial charge in [0.2, 0.25) is 15.9 Å². The molecule has 0 atom stereocenters. The van der Waals surface area contributed by atoms with Crippen LogP contribution >= 0.6 is 0 Å². The Morgan fingerprint density at radius 1 is 1.12 bits per heavy atom. The van der Waals surface area contributed by atoms with Crippen LogP contribution in [0, 0.1) is 12.7 Å². The van der Waals surface area contributed by atoms with Crippen LogP contribution in [0.25, 0.3) is 0 Å². The number of carbonyl (C=O) groups is 1. The number of benzene rings is 2. The highest BCUT2D eigenvalue weighted by molar-refractivity contribution is 7.88. The summed E-state index contributed by atoms with van der Waals surface area (Å²) in [6.07, 6.45) is 1.28. The third-order valence-electron chi connectivity index (χ3n) is 3.87. The van der Waals surface area contributed by atoms with Gasteiger partial charge in [0.15, 0.2) is 0 Å². The molecule has 0 aliphatic carbocycles. The first kappa shape index (κ1) is 20.1. The van der Waals surface area contributed by atoms with Gasteiger partial charge in [0.05, 0.1) is 12.7 Å². The minimum Gasteiger partial charge on any atom is -0.354 e. The fourth-order valence-corrected chi connectivity index (χ4v) is 3.35. The summed E-state index contributed by atoms with van der Waals surface area (Å²) in [6.45, 7) is 2.60. The number of hydrogen-bond acceptors (Lipinski definition) is 3. The fraction of sp³-hybridized carbons (Fsp3) is 0.316. The molecule has 0 heterocycles. The van der Waals surface area contributed by atoms with Gasteiger partial charge in [-0.25, -0.2) is 12.8 Å². The van der Waals surface area contributed by atoms with E-state index in [0.29, 0.717) is 5.56 Å². The lowest BCUT2D eigenvalue weighted by molar-refractivity contribution is -0.120. The average molecular weight is 378 g/mol. The number of hydrogen-bond donors (Lipinski definition) is 1. The SMILES string of the molecule is Cc1cccc(CN(CCNC(=O)Cc2ccc(F)cc2)S(C)(=O)=O)c1. The van der Waals surface area contributed by atoms with Crippen LogP contribution in [0.3, 0.4) is 0 Å². The second-order valence-electron chi connectivity index (χ2n) is 6.24. The number of nitrogens with one attached hydrogen (secondary N) is 1. The first-order valence-corrected chi connectivity index (χ1v) is 10.1. The molecule has 2 aromatic rings. The highest BCUT2D eigenvalue weighted by Crippen LogP contribution is 2.10. The molecule has 1 amide bonds. The van der Waals surface area contributed by atoms with Crippen molar-refractivity contribution in [3.05, 3.63) is 71.0 Å². The largest absolute Gasteiger partial charge is 0.354 e. The van der Waals surface area contributed by atoms with Crippen LogP contribution in [0.5, 0.6) is 0 Å². The van der Waals surface area contributed by atoms with E-state index in [1.165, 1.54) is 16.4 Å². The molecule has 0 aromatic heterocycles. The predicted octanol–water partition coefficient (Wildman–Crippen LogP) is 2.25. The lowest BCUT2D eigenvalue weighted by atomic mass is 10.1. The highest BCUT2D eigenvalue weighted by atomic mass is 32.2. The van der Waals surface area contributed by atoms with E-state index in [1.54, 1.807) is 12.1 Å². The number of halogens is 1. The molecule has 0 aliphatic heterocycles. The second-order valence-corrected chi connectivity index (χ2v) is 8.22. The van der Waals surface area contributed by atoms with Crippen molar-refractivity contribution in [2.24, 2.45) is 0 Å². The zero-order valence-corrected chi connectivity index (χ0v) is 15.7. The molecule has 0 fully saturated rings. The molecule has 140 valence electrons. The van der Waals surface area contributed by atoms with Gasteiger partial charge in [0.25, 0.3) is 0 Å². The van der Waals surface area contributed by atoms with Gasteiger partial charge in [0.1, 0.15) is 5.82 Å². The normalized spacial score (nSPS) is 11.5. The van der Waals surface area contributed by atoms with Gasteiger partial charge in [-0.1, -0.05) is 42.0 Å². The Balaban J connectivity index is 1.89. The van der Waals surface area contributed by atoms with Crippen molar-refractivity contribution in [1.29, 1.82) is 0 Å². The Bertz CT molecular complexity index is 851. The zero-order valence-electron chi connectivity index (χ0n) is 14.9. The van der Waals surface area contributed by atoms with E-state index in [4.69, 9.17) is 0 Å². The highest BCUT2D eigenvalue weighted by Gasteiger charge is 2.17. The Hall–Kier alpha value is -2.25. The third kappa shape index (κ3) is 6.57. The summed E-state index contributed by atoms with van der Waals surface area (Å²) in [5.41, 5.74) is 2.65. The quantitative estimate of drug-likeness (QED) is 0.766. The van der Waals surface area contributed by atoms with Gasteiger partial charge < -0.3 is 5.32 Å². The molecule has 0 aliphatic rings. The van der Waals surface area contributed by atoms with Crippen LogP contribution in [-0.2, 0) is 27.8 Å². The molecular weight excluding hydrogens is 355 g/mol. The average Bonchev–Trinajstić information content (AvgIpc) is 2.55. The zero-order chi connectivity index (χ0) is 19.2. The molecule has 5 nitrogen and oxygen atoms in total. The smallest absolute Gasteiger partial charge is 0.224 e. The molecule has 26 heavy (non-hydrogen) atoms. The summed E-state index contributed by atoms with van der Waals surface area (Å²) >= 11 is 0. The van der Waals surface area contributed by atoms with Crippen molar-refractivity contribution in [3.8, 4) is 0 Å². The number of nitrogens with zero attached hydrogens (tertiary/aromatic N) is 1. The molecule has 7 heteroatoms. The number of sulfonamides is 1. The number of aryl methyl sites for hydroxylation is 1. The molecule has 0 saturated heterocycles. The molecule has 2 aromatic carbocycles. The topological polar surface area (TPSA) is 66.5 Å². The van der Waals surface area contributed by atoms with Crippen molar-refractivity contribution in [2.75, 3.05) is 19.3 Å². The maximum atomic E-state index is 12.9. The van der Waals surface area contributed by atoms with Crippen LogP contribution in [0.1, 0.15) is 16.7 Å². The van der Waals surface area contributed by atoms with Gasteiger partial charge in [-0.3, -0.25) is 4.79 Å². The fourth-order valence-electron chi connectivity index (χ4n) is 2.55.